The van der Waals surface area contributed by atoms with Crippen LogP contribution in [0.5, 0.6) is 0 Å². The van der Waals surface area contributed by atoms with E-state index in [0.29, 0.717) is 13.1 Å². The number of carbonyl (C=O) groups is 2. The van der Waals surface area contributed by atoms with Crippen molar-refractivity contribution >= 4 is 12.0 Å². The van der Waals surface area contributed by atoms with Crippen LogP contribution in [-0.2, 0) is 4.79 Å². The topological polar surface area (TPSA) is 69.6 Å². The molecule has 0 aliphatic carbocycles. The molecular formula is C13H24N2O3. The van der Waals surface area contributed by atoms with E-state index in [1.807, 2.05) is 6.92 Å². The zero-order chi connectivity index (χ0) is 14.6. The molecule has 0 aromatic rings. The second kappa shape index (κ2) is 5.89. The van der Waals surface area contributed by atoms with Gasteiger partial charge in [-0.25, -0.2) is 4.79 Å². The largest absolute Gasteiger partial charge is 0.481 e. The second-order valence-corrected chi connectivity index (χ2v) is 5.31. The van der Waals surface area contributed by atoms with Gasteiger partial charge in [-0.2, -0.15) is 0 Å². The first-order valence-corrected chi connectivity index (χ1v) is 6.01. The maximum Gasteiger partial charge on any atom is 0.318 e. The first-order valence-electron chi connectivity index (χ1n) is 6.01. The average Bonchev–Trinajstić information content (AvgIpc) is 2.24. The van der Waals surface area contributed by atoms with Gasteiger partial charge in [-0.3, -0.25) is 4.79 Å². The summed E-state index contributed by atoms with van der Waals surface area (Å²) in [6.45, 7) is 13.0. The SMILES string of the molecule is C=CCN(CC)C(=O)NC(C)(C)C(C)(C)C(=O)O. The summed E-state index contributed by atoms with van der Waals surface area (Å²) in [4.78, 5) is 24.8. The summed E-state index contributed by atoms with van der Waals surface area (Å²) < 4.78 is 0. The Balaban J connectivity index is 4.92. The van der Waals surface area contributed by atoms with Crippen LogP contribution >= 0.6 is 0 Å². The average molecular weight is 256 g/mol. The highest BCUT2D eigenvalue weighted by atomic mass is 16.4. The summed E-state index contributed by atoms with van der Waals surface area (Å²) in [7, 11) is 0. The molecular weight excluding hydrogens is 232 g/mol. The van der Waals surface area contributed by atoms with Gasteiger partial charge >= 0.3 is 12.0 Å². The van der Waals surface area contributed by atoms with E-state index in [1.165, 1.54) is 0 Å². The fourth-order valence-corrected chi connectivity index (χ4v) is 1.28. The molecule has 18 heavy (non-hydrogen) atoms. The Labute approximate surface area is 109 Å². The van der Waals surface area contributed by atoms with Gasteiger partial charge in [0.25, 0.3) is 0 Å². The molecule has 0 saturated carbocycles. The minimum absolute atomic E-state index is 0.281. The predicted molar refractivity (Wildman–Crippen MR) is 71.5 cm³/mol. The Bertz CT molecular complexity index is 335. The normalized spacial score (nSPS) is 11.8. The molecule has 0 radical (unpaired) electrons. The summed E-state index contributed by atoms with van der Waals surface area (Å²) in [5.74, 6) is -0.945. The van der Waals surface area contributed by atoms with Crippen LogP contribution in [0, 0.1) is 5.41 Å². The molecule has 0 aromatic carbocycles. The summed E-state index contributed by atoms with van der Waals surface area (Å²) in [6, 6.07) is -0.281. The number of carboxylic acid groups (broad SMARTS) is 1. The Kier molecular flexibility index (Phi) is 5.39. The van der Waals surface area contributed by atoms with Crippen molar-refractivity contribution in [2.24, 2.45) is 5.41 Å². The smallest absolute Gasteiger partial charge is 0.318 e. The fraction of sp³-hybridized carbons (Fsp3) is 0.692. The number of likely N-dealkylation sites (N-methyl/N-ethyl adjacent to an activating group) is 1. The molecule has 0 heterocycles. The van der Waals surface area contributed by atoms with Gasteiger partial charge < -0.3 is 15.3 Å². The lowest BCUT2D eigenvalue weighted by atomic mass is 9.74. The van der Waals surface area contributed by atoms with E-state index in [2.05, 4.69) is 11.9 Å². The molecule has 0 bridgehead atoms. The molecule has 5 nitrogen and oxygen atoms in total. The molecule has 0 unspecified atom stereocenters. The van der Waals surface area contributed by atoms with Gasteiger partial charge in [0.2, 0.25) is 0 Å². The number of nitrogens with zero attached hydrogens (tertiary/aromatic N) is 1. The molecule has 0 saturated heterocycles. The maximum absolute atomic E-state index is 12.0. The summed E-state index contributed by atoms with van der Waals surface area (Å²) in [5, 5.41) is 12.0. The Hall–Kier alpha value is -1.52. The van der Waals surface area contributed by atoms with Crippen molar-refractivity contribution in [3.05, 3.63) is 12.7 Å². The predicted octanol–water partition coefficient (Wildman–Crippen LogP) is 2.09. The van der Waals surface area contributed by atoms with Crippen molar-refractivity contribution in [3.63, 3.8) is 0 Å². The zero-order valence-corrected chi connectivity index (χ0v) is 11.9. The maximum atomic E-state index is 12.0. The van der Waals surface area contributed by atoms with Crippen molar-refractivity contribution < 1.29 is 14.7 Å². The first-order chi connectivity index (χ1) is 8.10. The summed E-state index contributed by atoms with van der Waals surface area (Å²) >= 11 is 0. The van der Waals surface area contributed by atoms with Crippen LogP contribution in [0.25, 0.3) is 0 Å². The second-order valence-electron chi connectivity index (χ2n) is 5.31. The molecule has 0 spiro atoms. The third-order valence-electron chi connectivity index (χ3n) is 3.54. The lowest BCUT2D eigenvalue weighted by Gasteiger charge is -2.40. The van der Waals surface area contributed by atoms with E-state index in [-0.39, 0.29) is 6.03 Å². The third kappa shape index (κ3) is 3.48. The number of hydrogen-bond acceptors (Lipinski definition) is 2. The number of aliphatic carboxylic acids is 1. The van der Waals surface area contributed by atoms with Crippen LogP contribution in [0.1, 0.15) is 34.6 Å². The van der Waals surface area contributed by atoms with E-state index >= 15 is 0 Å². The van der Waals surface area contributed by atoms with Crippen molar-refractivity contribution in [1.82, 2.24) is 10.2 Å². The van der Waals surface area contributed by atoms with Gasteiger partial charge in [0.15, 0.2) is 0 Å². The standard InChI is InChI=1S/C13H24N2O3/c1-7-9-15(8-2)11(18)14-13(5,6)12(3,4)10(16)17/h7H,1,8-9H2,2-6H3,(H,14,18)(H,16,17). The van der Waals surface area contributed by atoms with Gasteiger partial charge in [0.05, 0.1) is 11.0 Å². The molecule has 0 aromatic heterocycles. The highest BCUT2D eigenvalue weighted by Gasteiger charge is 2.44. The molecule has 0 fully saturated rings. The molecule has 0 rings (SSSR count). The molecule has 0 aliphatic rings. The van der Waals surface area contributed by atoms with Crippen LogP contribution in [0.2, 0.25) is 0 Å². The third-order valence-corrected chi connectivity index (χ3v) is 3.54. The molecule has 2 amide bonds. The first kappa shape index (κ1) is 16.5. The number of amides is 2. The van der Waals surface area contributed by atoms with Crippen molar-refractivity contribution in [3.8, 4) is 0 Å². The minimum atomic E-state index is -1.06. The van der Waals surface area contributed by atoms with Gasteiger partial charge in [0, 0.05) is 13.1 Å². The van der Waals surface area contributed by atoms with Crippen LogP contribution in [-0.4, -0.2) is 40.6 Å². The lowest BCUT2D eigenvalue weighted by molar-refractivity contribution is -0.150. The number of hydrogen-bond donors (Lipinski definition) is 2. The van der Waals surface area contributed by atoms with Gasteiger partial charge in [-0.05, 0) is 34.6 Å². The van der Waals surface area contributed by atoms with E-state index in [1.54, 1.807) is 38.7 Å². The van der Waals surface area contributed by atoms with Gasteiger partial charge in [-0.1, -0.05) is 6.08 Å². The summed E-state index contributed by atoms with van der Waals surface area (Å²) in [6.07, 6.45) is 1.64. The molecule has 5 heteroatoms. The quantitative estimate of drug-likeness (QED) is 0.715. The van der Waals surface area contributed by atoms with Gasteiger partial charge in [-0.15, -0.1) is 6.58 Å². The zero-order valence-electron chi connectivity index (χ0n) is 11.9. The number of rotatable bonds is 6. The lowest BCUT2D eigenvalue weighted by Crippen LogP contribution is -2.59. The Morgan fingerprint density at radius 1 is 1.33 bits per heavy atom. The number of carbonyl (C=O) groups excluding carboxylic acids is 1. The highest BCUT2D eigenvalue weighted by molar-refractivity contribution is 5.79. The molecule has 104 valence electrons. The van der Waals surface area contributed by atoms with Gasteiger partial charge in [0.1, 0.15) is 0 Å². The molecule has 0 aliphatic heterocycles. The van der Waals surface area contributed by atoms with Crippen LogP contribution < -0.4 is 5.32 Å². The van der Waals surface area contributed by atoms with Crippen LogP contribution in [0.15, 0.2) is 12.7 Å². The monoisotopic (exact) mass is 256 g/mol. The van der Waals surface area contributed by atoms with Crippen LogP contribution in [0.3, 0.4) is 0 Å². The van der Waals surface area contributed by atoms with Crippen molar-refractivity contribution in [2.45, 2.75) is 40.2 Å². The van der Waals surface area contributed by atoms with Crippen LogP contribution in [0.4, 0.5) is 4.79 Å². The number of nitrogens with one attached hydrogen (secondary N) is 1. The minimum Gasteiger partial charge on any atom is -0.481 e. The molecule has 2 N–H and O–H groups in total. The Morgan fingerprint density at radius 2 is 1.83 bits per heavy atom. The van der Waals surface area contributed by atoms with Crippen molar-refractivity contribution in [2.75, 3.05) is 13.1 Å². The number of urea groups is 1. The molecule has 0 atom stereocenters. The number of carboxylic acids is 1. The summed E-state index contributed by atoms with van der Waals surface area (Å²) in [5.41, 5.74) is -1.92. The fourth-order valence-electron chi connectivity index (χ4n) is 1.28. The van der Waals surface area contributed by atoms with Crippen molar-refractivity contribution in [1.29, 1.82) is 0 Å². The van der Waals surface area contributed by atoms with E-state index in [9.17, 15) is 14.7 Å². The highest BCUT2D eigenvalue weighted by Crippen LogP contribution is 2.30. The van der Waals surface area contributed by atoms with E-state index < -0.39 is 16.9 Å². The van der Waals surface area contributed by atoms with E-state index in [4.69, 9.17) is 0 Å². The van der Waals surface area contributed by atoms with E-state index in [0.717, 1.165) is 0 Å². The Morgan fingerprint density at radius 3 is 2.17 bits per heavy atom.